The molecule has 0 unspecified atom stereocenters. The largest absolute Gasteiger partial charge is 0.460 e. The highest BCUT2D eigenvalue weighted by molar-refractivity contribution is 6.16. The van der Waals surface area contributed by atoms with Crippen molar-refractivity contribution < 1.29 is 13.6 Å². The van der Waals surface area contributed by atoms with Crippen molar-refractivity contribution in [3.63, 3.8) is 0 Å². The molecule has 0 aliphatic heterocycles. The maximum atomic E-state index is 13.6. The summed E-state index contributed by atoms with van der Waals surface area (Å²) in [6.07, 6.45) is 0.615. The van der Waals surface area contributed by atoms with Gasteiger partial charge >= 0.3 is 0 Å². The van der Waals surface area contributed by atoms with Crippen molar-refractivity contribution in [3.05, 3.63) is 70.7 Å². The van der Waals surface area contributed by atoms with Crippen molar-refractivity contribution in [1.29, 1.82) is 0 Å². The Hall–Kier alpha value is -2.42. The molecule has 106 valence electrons. The first-order valence-electron chi connectivity index (χ1n) is 6.92. The van der Waals surface area contributed by atoms with Crippen LogP contribution in [-0.2, 0) is 6.42 Å². The molecule has 2 nitrogen and oxygen atoms in total. The second-order valence-electron chi connectivity index (χ2n) is 5.10. The van der Waals surface area contributed by atoms with Gasteiger partial charge in [-0.2, -0.15) is 0 Å². The van der Waals surface area contributed by atoms with Crippen molar-refractivity contribution >= 4 is 16.8 Å². The molecule has 1 aromatic heterocycles. The zero-order valence-corrected chi connectivity index (χ0v) is 11.9. The number of carbonyl (C=O) groups is 1. The van der Waals surface area contributed by atoms with Gasteiger partial charge in [0.2, 0.25) is 0 Å². The number of carbonyl (C=O) groups excluding carboxylic acids is 1. The molecule has 0 amide bonds. The van der Waals surface area contributed by atoms with E-state index in [1.54, 1.807) is 13.0 Å². The predicted molar refractivity (Wildman–Crippen MR) is 80.2 cm³/mol. The van der Waals surface area contributed by atoms with Gasteiger partial charge in [0, 0.05) is 17.4 Å². The van der Waals surface area contributed by atoms with Crippen LogP contribution in [-0.4, -0.2) is 5.78 Å². The van der Waals surface area contributed by atoms with Gasteiger partial charge in [-0.25, -0.2) is 4.39 Å². The Morgan fingerprint density at radius 3 is 2.67 bits per heavy atom. The Balaban J connectivity index is 2.21. The van der Waals surface area contributed by atoms with Crippen LogP contribution in [0.1, 0.15) is 34.2 Å². The summed E-state index contributed by atoms with van der Waals surface area (Å²) in [6.45, 7) is 3.71. The lowest BCUT2D eigenvalue weighted by Crippen LogP contribution is -2.04. The zero-order valence-electron chi connectivity index (χ0n) is 11.9. The number of rotatable bonds is 3. The van der Waals surface area contributed by atoms with E-state index in [1.165, 1.54) is 12.1 Å². The Morgan fingerprint density at radius 1 is 1.19 bits per heavy atom. The Labute approximate surface area is 122 Å². The van der Waals surface area contributed by atoms with Crippen molar-refractivity contribution in [2.45, 2.75) is 20.3 Å². The van der Waals surface area contributed by atoms with Gasteiger partial charge in [0.05, 0.1) is 5.56 Å². The van der Waals surface area contributed by atoms with Gasteiger partial charge in [-0.3, -0.25) is 4.79 Å². The van der Waals surface area contributed by atoms with Crippen LogP contribution >= 0.6 is 0 Å². The molecule has 0 spiro atoms. The number of furan rings is 1. The highest BCUT2D eigenvalue weighted by Gasteiger charge is 2.21. The average molecular weight is 282 g/mol. The van der Waals surface area contributed by atoms with E-state index in [0.29, 0.717) is 28.9 Å². The van der Waals surface area contributed by atoms with Crippen LogP contribution in [0.5, 0.6) is 0 Å². The molecule has 0 saturated carbocycles. The van der Waals surface area contributed by atoms with Crippen LogP contribution in [0.4, 0.5) is 4.39 Å². The summed E-state index contributed by atoms with van der Waals surface area (Å²) in [5.74, 6) is 0.0479. The average Bonchev–Trinajstić information content (AvgIpc) is 2.83. The zero-order chi connectivity index (χ0) is 15.0. The Bertz CT molecular complexity index is 810. The summed E-state index contributed by atoms with van der Waals surface area (Å²) in [5, 5.41) is 0.779. The summed E-state index contributed by atoms with van der Waals surface area (Å²) in [4.78, 5) is 12.8. The van der Waals surface area contributed by atoms with Crippen LogP contribution in [0, 0.1) is 12.7 Å². The summed E-state index contributed by atoms with van der Waals surface area (Å²) >= 11 is 0. The Morgan fingerprint density at radius 2 is 1.95 bits per heavy atom. The molecule has 21 heavy (non-hydrogen) atoms. The molecule has 3 heteroatoms. The summed E-state index contributed by atoms with van der Waals surface area (Å²) in [5.41, 5.74) is 2.31. The third kappa shape index (κ3) is 2.35. The number of halogens is 1. The fourth-order valence-corrected chi connectivity index (χ4v) is 2.61. The van der Waals surface area contributed by atoms with Crippen molar-refractivity contribution in [2.24, 2.45) is 0 Å². The van der Waals surface area contributed by atoms with Crippen LogP contribution in [0.25, 0.3) is 11.0 Å². The van der Waals surface area contributed by atoms with Crippen molar-refractivity contribution in [2.75, 3.05) is 0 Å². The fourth-order valence-electron chi connectivity index (χ4n) is 2.61. The van der Waals surface area contributed by atoms with E-state index < -0.39 is 5.82 Å². The number of fused-ring (bicyclic) bond motifs is 1. The maximum Gasteiger partial charge on any atom is 0.197 e. The van der Waals surface area contributed by atoms with Gasteiger partial charge in [-0.05, 0) is 36.8 Å². The lowest BCUT2D eigenvalue weighted by Gasteiger charge is -2.03. The first kappa shape index (κ1) is 13.6. The molecule has 0 aliphatic carbocycles. The molecule has 0 fully saturated rings. The van der Waals surface area contributed by atoms with E-state index in [0.717, 1.165) is 10.9 Å². The molecular weight excluding hydrogens is 267 g/mol. The number of para-hydroxylation sites is 1. The van der Waals surface area contributed by atoms with E-state index in [1.807, 2.05) is 31.2 Å². The monoisotopic (exact) mass is 282 g/mol. The molecule has 0 radical (unpaired) electrons. The summed E-state index contributed by atoms with van der Waals surface area (Å²) in [7, 11) is 0. The topological polar surface area (TPSA) is 30.2 Å². The summed E-state index contributed by atoms with van der Waals surface area (Å²) in [6, 6.07) is 11.8. The van der Waals surface area contributed by atoms with Crippen LogP contribution in [0.3, 0.4) is 0 Å². The summed E-state index contributed by atoms with van der Waals surface area (Å²) < 4.78 is 19.3. The standard InChI is InChI=1S/C18H15FO2/c1-3-15-17(14-6-4-5-7-16(14)21-15)18(20)12-8-11(2)9-13(19)10-12/h4-10H,3H2,1-2H3. The molecule has 3 rings (SSSR count). The molecule has 1 heterocycles. The van der Waals surface area contributed by atoms with Gasteiger partial charge in [0.1, 0.15) is 17.2 Å². The second kappa shape index (κ2) is 5.17. The fraction of sp³-hybridized carbons (Fsp3) is 0.167. The van der Waals surface area contributed by atoms with Gasteiger partial charge in [0.25, 0.3) is 0 Å². The molecule has 0 N–H and O–H groups in total. The lowest BCUT2D eigenvalue weighted by atomic mass is 9.98. The van der Waals surface area contributed by atoms with E-state index in [4.69, 9.17) is 4.42 Å². The van der Waals surface area contributed by atoms with Crippen molar-refractivity contribution in [1.82, 2.24) is 0 Å². The molecule has 3 aromatic rings. The molecule has 0 bridgehead atoms. The van der Waals surface area contributed by atoms with Gasteiger partial charge in [-0.15, -0.1) is 0 Å². The normalized spacial score (nSPS) is 11.0. The maximum absolute atomic E-state index is 13.6. The quantitative estimate of drug-likeness (QED) is 0.653. The first-order chi connectivity index (χ1) is 10.1. The van der Waals surface area contributed by atoms with Crippen molar-refractivity contribution in [3.8, 4) is 0 Å². The number of ketones is 1. The number of hydrogen-bond donors (Lipinski definition) is 0. The molecule has 0 saturated heterocycles. The van der Waals surface area contributed by atoms with Crippen LogP contribution in [0.15, 0.2) is 46.9 Å². The number of benzene rings is 2. The second-order valence-corrected chi connectivity index (χ2v) is 5.10. The predicted octanol–water partition coefficient (Wildman–Crippen LogP) is 4.67. The third-order valence-electron chi connectivity index (χ3n) is 3.52. The van der Waals surface area contributed by atoms with Crippen LogP contribution < -0.4 is 0 Å². The van der Waals surface area contributed by atoms with Gasteiger partial charge in [0.15, 0.2) is 5.78 Å². The first-order valence-corrected chi connectivity index (χ1v) is 6.92. The van der Waals surface area contributed by atoms with Crippen LogP contribution in [0.2, 0.25) is 0 Å². The lowest BCUT2D eigenvalue weighted by molar-refractivity contribution is 0.103. The van der Waals surface area contributed by atoms with E-state index in [-0.39, 0.29) is 5.78 Å². The molecule has 0 atom stereocenters. The van der Waals surface area contributed by atoms with Gasteiger partial charge < -0.3 is 4.42 Å². The molecule has 0 aliphatic rings. The van der Waals surface area contributed by atoms with E-state index in [2.05, 4.69) is 0 Å². The minimum atomic E-state index is -0.399. The smallest absolute Gasteiger partial charge is 0.197 e. The minimum Gasteiger partial charge on any atom is -0.460 e. The highest BCUT2D eigenvalue weighted by atomic mass is 19.1. The number of aryl methyl sites for hydroxylation is 2. The van der Waals surface area contributed by atoms with E-state index >= 15 is 0 Å². The highest BCUT2D eigenvalue weighted by Crippen LogP contribution is 2.28. The van der Waals surface area contributed by atoms with Gasteiger partial charge in [-0.1, -0.05) is 25.1 Å². The third-order valence-corrected chi connectivity index (χ3v) is 3.52. The molecule has 2 aromatic carbocycles. The minimum absolute atomic E-state index is 0.195. The molecular formula is C18H15FO2. The SMILES string of the molecule is CCc1oc2ccccc2c1C(=O)c1cc(C)cc(F)c1. The Kier molecular flexibility index (Phi) is 3.34. The van der Waals surface area contributed by atoms with E-state index in [9.17, 15) is 9.18 Å². The number of hydrogen-bond acceptors (Lipinski definition) is 2.